The van der Waals surface area contributed by atoms with Gasteiger partial charge in [-0.1, -0.05) is 43.4 Å². The Morgan fingerprint density at radius 2 is 2.00 bits per heavy atom. The summed E-state index contributed by atoms with van der Waals surface area (Å²) >= 11 is 0.839. The second-order valence-electron chi connectivity index (χ2n) is 4.71. The number of aromatic nitrogens is 2. The average Bonchev–Trinajstić information content (AvgIpc) is 2.79. The Balaban J connectivity index is 2.44. The van der Waals surface area contributed by atoms with E-state index in [1.807, 2.05) is 39.0 Å². The van der Waals surface area contributed by atoms with Gasteiger partial charge in [-0.15, -0.1) is 10.2 Å². The zero-order valence-electron chi connectivity index (χ0n) is 11.4. The zero-order chi connectivity index (χ0) is 14.9. The average molecular weight is 312 g/mol. The maximum atomic E-state index is 12.3. The van der Waals surface area contributed by atoms with E-state index in [0.29, 0.717) is 5.69 Å². The van der Waals surface area contributed by atoms with Gasteiger partial charge in [-0.3, -0.25) is 4.72 Å². The van der Waals surface area contributed by atoms with Crippen LogP contribution in [0, 0.1) is 6.92 Å². The summed E-state index contributed by atoms with van der Waals surface area (Å²) in [5.41, 5.74) is 7.82. The molecule has 0 aliphatic carbocycles. The van der Waals surface area contributed by atoms with Crippen LogP contribution in [0.4, 0.5) is 10.8 Å². The number of nitrogens with zero attached hydrogens (tertiary/aromatic N) is 2. The van der Waals surface area contributed by atoms with Gasteiger partial charge in [-0.2, -0.15) is 8.42 Å². The largest absolute Gasteiger partial charge is 0.374 e. The van der Waals surface area contributed by atoms with Crippen LogP contribution in [0.2, 0.25) is 0 Å². The van der Waals surface area contributed by atoms with Gasteiger partial charge in [0.25, 0.3) is 14.4 Å². The first kappa shape index (κ1) is 14.7. The number of benzene rings is 1. The molecule has 3 N–H and O–H groups in total. The normalized spacial score (nSPS) is 11.8. The van der Waals surface area contributed by atoms with E-state index in [1.165, 1.54) is 0 Å². The molecule has 8 heteroatoms. The molecule has 1 aromatic carbocycles. The van der Waals surface area contributed by atoms with Crippen molar-refractivity contribution in [2.45, 2.75) is 31.0 Å². The summed E-state index contributed by atoms with van der Waals surface area (Å²) in [6.45, 7) is 5.88. The summed E-state index contributed by atoms with van der Waals surface area (Å²) < 4.78 is 27.0. The molecule has 1 aromatic heterocycles. The summed E-state index contributed by atoms with van der Waals surface area (Å²) in [4.78, 5) is 0. The molecule has 108 valence electrons. The van der Waals surface area contributed by atoms with Crippen molar-refractivity contribution in [2.24, 2.45) is 0 Å². The third kappa shape index (κ3) is 2.91. The predicted octanol–water partition coefficient (Wildman–Crippen LogP) is 2.35. The SMILES string of the molecule is Cc1cccc(C(C)C)c1NS(=O)(=O)c1nnc(N)s1. The molecule has 0 atom stereocenters. The van der Waals surface area contributed by atoms with Crippen LogP contribution in [-0.2, 0) is 10.0 Å². The van der Waals surface area contributed by atoms with E-state index in [0.717, 1.165) is 22.5 Å². The van der Waals surface area contributed by atoms with E-state index in [2.05, 4.69) is 14.9 Å². The monoisotopic (exact) mass is 312 g/mol. The van der Waals surface area contributed by atoms with Gasteiger partial charge in [0, 0.05) is 0 Å². The van der Waals surface area contributed by atoms with Crippen molar-refractivity contribution in [3.05, 3.63) is 29.3 Å². The molecular formula is C12H16N4O2S2. The summed E-state index contributed by atoms with van der Waals surface area (Å²) in [6.07, 6.45) is 0. The molecule has 0 fully saturated rings. The number of aryl methyl sites for hydroxylation is 1. The third-order valence-corrected chi connectivity index (χ3v) is 5.29. The number of sulfonamides is 1. The number of hydrogen-bond donors (Lipinski definition) is 2. The van der Waals surface area contributed by atoms with Crippen molar-refractivity contribution in [2.75, 3.05) is 10.5 Å². The van der Waals surface area contributed by atoms with Gasteiger partial charge < -0.3 is 5.73 Å². The lowest BCUT2D eigenvalue weighted by Gasteiger charge is -2.16. The second-order valence-corrected chi connectivity index (χ2v) is 7.57. The lowest BCUT2D eigenvalue weighted by molar-refractivity contribution is 0.599. The Bertz CT molecular complexity index is 723. The summed E-state index contributed by atoms with van der Waals surface area (Å²) in [6, 6.07) is 5.67. The Morgan fingerprint density at radius 3 is 2.55 bits per heavy atom. The fourth-order valence-corrected chi connectivity index (χ4v) is 3.76. The van der Waals surface area contributed by atoms with Gasteiger partial charge >= 0.3 is 0 Å². The number of nitrogens with one attached hydrogen (secondary N) is 1. The van der Waals surface area contributed by atoms with Crippen LogP contribution in [0.25, 0.3) is 0 Å². The van der Waals surface area contributed by atoms with E-state index >= 15 is 0 Å². The standard InChI is InChI=1S/C12H16N4O2S2/c1-7(2)9-6-4-5-8(3)10(9)16-20(17,18)12-15-14-11(13)19-12/h4-7,16H,1-3H3,(H2,13,14). The van der Waals surface area contributed by atoms with E-state index in [1.54, 1.807) is 0 Å². The van der Waals surface area contributed by atoms with E-state index in [4.69, 9.17) is 5.73 Å². The Morgan fingerprint density at radius 1 is 1.30 bits per heavy atom. The topological polar surface area (TPSA) is 98.0 Å². The van der Waals surface area contributed by atoms with Crippen molar-refractivity contribution in [3.63, 3.8) is 0 Å². The smallest absolute Gasteiger partial charge is 0.291 e. The van der Waals surface area contributed by atoms with Gasteiger partial charge in [0.15, 0.2) is 0 Å². The molecular weight excluding hydrogens is 296 g/mol. The lowest BCUT2D eigenvalue weighted by Crippen LogP contribution is -2.15. The molecule has 0 aliphatic rings. The van der Waals surface area contributed by atoms with Gasteiger partial charge in [0.1, 0.15) is 0 Å². The van der Waals surface area contributed by atoms with Crippen molar-refractivity contribution in [1.29, 1.82) is 0 Å². The highest BCUT2D eigenvalue weighted by Gasteiger charge is 2.22. The molecule has 0 spiro atoms. The first-order valence-corrected chi connectivity index (χ1v) is 8.32. The fourth-order valence-electron chi connectivity index (χ4n) is 1.82. The third-order valence-electron chi connectivity index (χ3n) is 2.82. The highest BCUT2D eigenvalue weighted by Crippen LogP contribution is 2.30. The summed E-state index contributed by atoms with van der Waals surface area (Å²) in [5.74, 6) is 0.201. The number of hydrogen-bond acceptors (Lipinski definition) is 6. The molecule has 0 unspecified atom stereocenters. The van der Waals surface area contributed by atoms with Crippen LogP contribution >= 0.6 is 11.3 Å². The lowest BCUT2D eigenvalue weighted by atomic mass is 9.99. The van der Waals surface area contributed by atoms with Crippen LogP contribution in [-0.4, -0.2) is 18.6 Å². The fraction of sp³-hybridized carbons (Fsp3) is 0.333. The summed E-state index contributed by atoms with van der Waals surface area (Å²) in [7, 11) is -3.76. The molecule has 0 bridgehead atoms. The minimum Gasteiger partial charge on any atom is -0.374 e. The first-order valence-electron chi connectivity index (χ1n) is 6.02. The molecule has 0 aliphatic heterocycles. The van der Waals surface area contributed by atoms with Crippen molar-refractivity contribution in [3.8, 4) is 0 Å². The van der Waals surface area contributed by atoms with Crippen molar-refractivity contribution in [1.82, 2.24) is 10.2 Å². The van der Waals surface area contributed by atoms with E-state index < -0.39 is 10.0 Å². The molecule has 0 saturated carbocycles. The van der Waals surface area contributed by atoms with Crippen LogP contribution in [0.15, 0.2) is 22.5 Å². The molecule has 0 amide bonds. The molecule has 0 radical (unpaired) electrons. The Hall–Kier alpha value is -1.67. The van der Waals surface area contributed by atoms with Crippen LogP contribution < -0.4 is 10.5 Å². The van der Waals surface area contributed by atoms with Crippen molar-refractivity contribution < 1.29 is 8.42 Å². The number of nitrogens with two attached hydrogens (primary N) is 1. The molecule has 6 nitrogen and oxygen atoms in total. The minimum absolute atomic E-state index is 0.124. The number of nitrogen functional groups attached to an aromatic ring is 1. The Labute approximate surface area is 122 Å². The number of anilines is 2. The van der Waals surface area contributed by atoms with Crippen LogP contribution in [0.3, 0.4) is 0 Å². The van der Waals surface area contributed by atoms with Gasteiger partial charge in [-0.05, 0) is 24.0 Å². The highest BCUT2D eigenvalue weighted by molar-refractivity contribution is 7.94. The minimum atomic E-state index is -3.76. The van der Waals surface area contributed by atoms with Crippen molar-refractivity contribution >= 4 is 32.2 Å². The van der Waals surface area contributed by atoms with E-state index in [-0.39, 0.29) is 15.4 Å². The highest BCUT2D eigenvalue weighted by atomic mass is 32.2. The van der Waals surface area contributed by atoms with Gasteiger partial charge in [-0.25, -0.2) is 0 Å². The van der Waals surface area contributed by atoms with Crippen LogP contribution in [0.1, 0.15) is 30.9 Å². The molecule has 0 saturated heterocycles. The number of rotatable bonds is 4. The Kier molecular flexibility index (Phi) is 3.96. The molecule has 2 rings (SSSR count). The van der Waals surface area contributed by atoms with Gasteiger partial charge in [0.05, 0.1) is 5.69 Å². The van der Waals surface area contributed by atoms with E-state index in [9.17, 15) is 8.42 Å². The van der Waals surface area contributed by atoms with Gasteiger partial charge in [0.2, 0.25) is 5.13 Å². The maximum absolute atomic E-state index is 12.3. The summed E-state index contributed by atoms with van der Waals surface area (Å²) in [5, 5.41) is 7.24. The molecule has 1 heterocycles. The predicted molar refractivity (Wildman–Crippen MR) is 80.4 cm³/mol. The number of para-hydroxylation sites is 1. The second kappa shape index (κ2) is 5.37. The quantitative estimate of drug-likeness (QED) is 0.903. The maximum Gasteiger partial charge on any atom is 0.291 e. The van der Waals surface area contributed by atoms with Crippen LogP contribution in [0.5, 0.6) is 0 Å². The molecule has 20 heavy (non-hydrogen) atoms. The first-order chi connectivity index (χ1) is 9.31. The molecule has 2 aromatic rings. The zero-order valence-corrected chi connectivity index (χ0v) is 13.0.